The number of hydrogen-bond donors (Lipinski definition) is 2. The van der Waals surface area contributed by atoms with Crippen LogP contribution in [0.25, 0.3) is 0 Å². The van der Waals surface area contributed by atoms with E-state index in [-0.39, 0.29) is 24.3 Å². The first-order valence-electron chi connectivity index (χ1n) is 12.5. The predicted octanol–water partition coefficient (Wildman–Crippen LogP) is 3.85. The molecule has 35 heavy (non-hydrogen) atoms. The van der Waals surface area contributed by atoms with Gasteiger partial charge in [0.15, 0.2) is 0 Å². The van der Waals surface area contributed by atoms with E-state index in [0.717, 1.165) is 62.7 Å². The number of benzene rings is 2. The number of anilines is 2. The van der Waals surface area contributed by atoms with Gasteiger partial charge in [0.05, 0.1) is 12.8 Å². The maximum absolute atomic E-state index is 12.8. The second kappa shape index (κ2) is 11.9. The van der Waals surface area contributed by atoms with Crippen LogP contribution in [0, 0.1) is 11.8 Å². The van der Waals surface area contributed by atoms with Gasteiger partial charge in [0.2, 0.25) is 0 Å². The van der Waals surface area contributed by atoms with Crippen LogP contribution in [-0.2, 0) is 4.79 Å². The van der Waals surface area contributed by atoms with E-state index in [9.17, 15) is 14.7 Å². The first-order valence-corrected chi connectivity index (χ1v) is 12.5. The highest BCUT2D eigenvalue weighted by molar-refractivity contribution is 5.89. The molecule has 0 aliphatic carbocycles. The van der Waals surface area contributed by atoms with Crippen molar-refractivity contribution in [3.63, 3.8) is 0 Å². The molecule has 2 saturated heterocycles. The van der Waals surface area contributed by atoms with E-state index in [2.05, 4.69) is 21.2 Å². The second-order valence-corrected chi connectivity index (χ2v) is 9.44. The molecule has 2 heterocycles. The highest BCUT2D eigenvalue weighted by Crippen LogP contribution is 2.31. The zero-order chi connectivity index (χ0) is 24.6. The molecule has 2 aliphatic heterocycles. The SMILES string of the molecule is COc1ccccc1N1CCN(CCC2CN(C(=O)Nc3ccccc3)CCC2CC(=O)O)CC1. The molecule has 0 bridgehead atoms. The molecule has 2 N–H and O–H groups in total. The fraction of sp³-hybridized carbons (Fsp3) is 0.481. The van der Waals surface area contributed by atoms with Crippen LogP contribution in [0.4, 0.5) is 16.2 Å². The Balaban J connectivity index is 1.31. The largest absolute Gasteiger partial charge is 0.495 e. The summed E-state index contributed by atoms with van der Waals surface area (Å²) in [7, 11) is 1.70. The zero-order valence-electron chi connectivity index (χ0n) is 20.4. The van der Waals surface area contributed by atoms with E-state index >= 15 is 0 Å². The Hall–Kier alpha value is -3.26. The van der Waals surface area contributed by atoms with Crippen molar-refractivity contribution in [2.45, 2.75) is 19.3 Å². The number of aliphatic carboxylic acids is 1. The third kappa shape index (κ3) is 6.66. The van der Waals surface area contributed by atoms with E-state index < -0.39 is 5.97 Å². The lowest BCUT2D eigenvalue weighted by Gasteiger charge is -2.40. The average Bonchev–Trinajstić information content (AvgIpc) is 2.88. The van der Waals surface area contributed by atoms with Gasteiger partial charge in [-0.15, -0.1) is 0 Å². The molecule has 2 atom stereocenters. The minimum Gasteiger partial charge on any atom is -0.495 e. The van der Waals surface area contributed by atoms with Gasteiger partial charge in [-0.1, -0.05) is 30.3 Å². The number of nitrogens with zero attached hydrogens (tertiary/aromatic N) is 3. The molecule has 2 amide bonds. The number of carbonyl (C=O) groups excluding carboxylic acids is 1. The Kier molecular flexibility index (Phi) is 8.47. The molecule has 2 aromatic carbocycles. The van der Waals surface area contributed by atoms with Gasteiger partial charge in [-0.2, -0.15) is 0 Å². The van der Waals surface area contributed by atoms with Gasteiger partial charge in [0.25, 0.3) is 0 Å². The van der Waals surface area contributed by atoms with Crippen molar-refractivity contribution in [2.75, 3.05) is 63.1 Å². The number of piperidine rings is 1. The van der Waals surface area contributed by atoms with Crippen molar-refractivity contribution in [3.8, 4) is 5.75 Å². The highest BCUT2D eigenvalue weighted by Gasteiger charge is 2.33. The molecule has 2 aromatic rings. The summed E-state index contributed by atoms with van der Waals surface area (Å²) < 4.78 is 5.52. The summed E-state index contributed by atoms with van der Waals surface area (Å²) in [5.74, 6) is 0.415. The molecule has 8 heteroatoms. The number of ether oxygens (including phenoxy) is 1. The Morgan fingerprint density at radius 3 is 2.40 bits per heavy atom. The van der Waals surface area contributed by atoms with E-state index in [4.69, 9.17) is 4.74 Å². The van der Waals surface area contributed by atoms with Gasteiger partial charge in [-0.25, -0.2) is 4.79 Å². The normalized spacial score (nSPS) is 20.9. The van der Waals surface area contributed by atoms with E-state index in [1.165, 1.54) is 0 Å². The molecule has 4 rings (SSSR count). The van der Waals surface area contributed by atoms with Gasteiger partial charge < -0.3 is 25.0 Å². The van der Waals surface area contributed by atoms with Gasteiger partial charge in [-0.05, 0) is 55.5 Å². The number of nitrogens with one attached hydrogen (secondary N) is 1. The Bertz CT molecular complexity index is 978. The Morgan fingerprint density at radius 2 is 1.69 bits per heavy atom. The smallest absolute Gasteiger partial charge is 0.321 e. The van der Waals surface area contributed by atoms with Crippen LogP contribution in [0.1, 0.15) is 19.3 Å². The lowest BCUT2D eigenvalue weighted by Crippen LogP contribution is -2.49. The summed E-state index contributed by atoms with van der Waals surface area (Å²) >= 11 is 0. The summed E-state index contributed by atoms with van der Waals surface area (Å²) in [4.78, 5) is 31.0. The molecule has 2 aliphatic rings. The molecule has 0 radical (unpaired) electrons. The number of carbonyl (C=O) groups is 2. The molecule has 188 valence electrons. The molecular weight excluding hydrogens is 444 g/mol. The highest BCUT2D eigenvalue weighted by atomic mass is 16.5. The summed E-state index contributed by atoms with van der Waals surface area (Å²) in [5, 5.41) is 12.4. The number of piperazine rings is 1. The van der Waals surface area contributed by atoms with E-state index in [1.54, 1.807) is 7.11 Å². The summed E-state index contributed by atoms with van der Waals surface area (Å²) in [6, 6.07) is 17.5. The molecule has 8 nitrogen and oxygen atoms in total. The van der Waals surface area contributed by atoms with Crippen LogP contribution < -0.4 is 15.0 Å². The summed E-state index contributed by atoms with van der Waals surface area (Å²) in [6.45, 7) is 5.85. The number of carboxylic acids is 1. The quantitative estimate of drug-likeness (QED) is 0.597. The first-order chi connectivity index (χ1) is 17.0. The molecular formula is C27H36N4O4. The van der Waals surface area contributed by atoms with Crippen LogP contribution >= 0.6 is 0 Å². The van der Waals surface area contributed by atoms with Crippen LogP contribution in [-0.4, -0.2) is 79.8 Å². The lowest BCUT2D eigenvalue weighted by molar-refractivity contribution is -0.139. The molecule has 2 fully saturated rings. The summed E-state index contributed by atoms with van der Waals surface area (Å²) in [6.07, 6.45) is 1.78. The first kappa shape index (κ1) is 24.9. The van der Waals surface area contributed by atoms with Crippen molar-refractivity contribution < 1.29 is 19.4 Å². The van der Waals surface area contributed by atoms with Crippen molar-refractivity contribution in [1.29, 1.82) is 0 Å². The zero-order valence-corrected chi connectivity index (χ0v) is 20.4. The van der Waals surface area contributed by atoms with Crippen LogP contribution in [0.5, 0.6) is 5.75 Å². The topological polar surface area (TPSA) is 85.4 Å². The van der Waals surface area contributed by atoms with Gasteiger partial charge in [0.1, 0.15) is 5.75 Å². The van der Waals surface area contributed by atoms with Crippen molar-refractivity contribution in [3.05, 3.63) is 54.6 Å². The number of likely N-dealkylation sites (tertiary alicyclic amines) is 1. The lowest BCUT2D eigenvalue weighted by atomic mass is 9.81. The number of para-hydroxylation sites is 3. The monoisotopic (exact) mass is 480 g/mol. The van der Waals surface area contributed by atoms with Gasteiger partial charge >= 0.3 is 12.0 Å². The summed E-state index contributed by atoms with van der Waals surface area (Å²) in [5.41, 5.74) is 1.90. The molecule has 0 spiro atoms. The number of methoxy groups -OCH3 is 1. The number of carboxylic acid groups (broad SMARTS) is 1. The van der Waals surface area contributed by atoms with Gasteiger partial charge in [0, 0.05) is 51.4 Å². The standard InChI is InChI=1S/C27H36N4O4/c1-35-25-10-6-5-9-24(25)30-17-15-29(16-18-30)13-11-22-20-31(14-12-21(22)19-26(32)33)27(34)28-23-7-3-2-4-8-23/h2-10,21-22H,11-20H2,1H3,(H,28,34)(H,32,33). The van der Waals surface area contributed by atoms with Gasteiger partial charge in [-0.3, -0.25) is 9.69 Å². The number of amides is 2. The van der Waals surface area contributed by atoms with Crippen molar-refractivity contribution >= 4 is 23.4 Å². The third-order valence-corrected chi connectivity index (χ3v) is 7.25. The van der Waals surface area contributed by atoms with E-state index in [1.807, 2.05) is 53.4 Å². The van der Waals surface area contributed by atoms with Crippen molar-refractivity contribution in [1.82, 2.24) is 9.80 Å². The maximum Gasteiger partial charge on any atom is 0.321 e. The number of urea groups is 1. The predicted molar refractivity (Wildman–Crippen MR) is 137 cm³/mol. The average molecular weight is 481 g/mol. The number of hydrogen-bond acceptors (Lipinski definition) is 5. The van der Waals surface area contributed by atoms with Crippen LogP contribution in [0.3, 0.4) is 0 Å². The minimum absolute atomic E-state index is 0.100. The van der Waals surface area contributed by atoms with Crippen LogP contribution in [0.2, 0.25) is 0 Å². The van der Waals surface area contributed by atoms with E-state index in [0.29, 0.717) is 13.1 Å². The maximum atomic E-state index is 12.8. The number of rotatable bonds is 8. The Morgan fingerprint density at radius 1 is 0.971 bits per heavy atom. The fourth-order valence-electron chi connectivity index (χ4n) is 5.26. The third-order valence-electron chi connectivity index (χ3n) is 7.25. The van der Waals surface area contributed by atoms with Crippen LogP contribution in [0.15, 0.2) is 54.6 Å². The second-order valence-electron chi connectivity index (χ2n) is 9.44. The molecule has 2 unspecified atom stereocenters. The van der Waals surface area contributed by atoms with Crippen molar-refractivity contribution in [2.24, 2.45) is 11.8 Å². The molecule has 0 saturated carbocycles. The Labute approximate surface area is 207 Å². The molecule has 0 aromatic heterocycles. The minimum atomic E-state index is -0.757. The fourth-order valence-corrected chi connectivity index (χ4v) is 5.26.